The summed E-state index contributed by atoms with van der Waals surface area (Å²) in [6.45, 7) is 8.76. The average molecular weight is 379 g/mol. The van der Waals surface area contributed by atoms with Gasteiger partial charge in [0.05, 0.1) is 0 Å². The number of amides is 2. The molecule has 3 rings (SSSR count). The number of carbonyl (C=O) groups is 1. The molecule has 0 fully saturated rings. The molecule has 0 radical (unpaired) electrons. The van der Waals surface area contributed by atoms with Crippen molar-refractivity contribution in [2.45, 2.75) is 27.7 Å². The Morgan fingerprint density at radius 2 is 1.89 bits per heavy atom. The van der Waals surface area contributed by atoms with Crippen molar-refractivity contribution in [1.82, 2.24) is 24.8 Å². The van der Waals surface area contributed by atoms with Crippen molar-refractivity contribution < 1.29 is 4.79 Å². The van der Waals surface area contributed by atoms with Gasteiger partial charge >= 0.3 is 6.03 Å². The molecule has 3 N–H and O–H groups in total. The van der Waals surface area contributed by atoms with Crippen LogP contribution in [0.5, 0.6) is 0 Å². The van der Waals surface area contributed by atoms with Crippen LogP contribution in [0.1, 0.15) is 22.8 Å². The van der Waals surface area contributed by atoms with E-state index >= 15 is 0 Å². The quantitative estimate of drug-likeness (QED) is 0.572. The molecule has 8 nitrogen and oxygen atoms in total. The molecule has 28 heavy (non-hydrogen) atoms. The van der Waals surface area contributed by atoms with E-state index in [0.29, 0.717) is 24.7 Å². The van der Waals surface area contributed by atoms with Crippen LogP contribution in [0.4, 0.5) is 16.3 Å². The Labute approximate surface area is 164 Å². The zero-order valence-corrected chi connectivity index (χ0v) is 16.6. The molecule has 2 heterocycles. The van der Waals surface area contributed by atoms with E-state index in [0.717, 1.165) is 28.5 Å². The van der Waals surface area contributed by atoms with E-state index in [1.807, 2.05) is 62.7 Å². The van der Waals surface area contributed by atoms with Crippen LogP contribution >= 0.6 is 0 Å². The minimum Gasteiger partial charge on any atom is -0.368 e. The van der Waals surface area contributed by atoms with Crippen molar-refractivity contribution in [3.63, 3.8) is 0 Å². The Morgan fingerprint density at radius 1 is 1.07 bits per heavy atom. The van der Waals surface area contributed by atoms with Crippen molar-refractivity contribution >= 4 is 17.5 Å². The van der Waals surface area contributed by atoms with Gasteiger partial charge in [0.25, 0.3) is 0 Å². The molecule has 0 unspecified atom stereocenters. The number of nitrogens with one attached hydrogen (secondary N) is 3. The fourth-order valence-corrected chi connectivity index (χ4v) is 2.87. The molecule has 2 aromatic heterocycles. The minimum absolute atomic E-state index is 0.234. The van der Waals surface area contributed by atoms with Crippen LogP contribution in [0.3, 0.4) is 0 Å². The number of imidazole rings is 1. The largest absolute Gasteiger partial charge is 0.368 e. The number of hydrogen-bond donors (Lipinski definition) is 3. The Balaban J connectivity index is 1.52. The van der Waals surface area contributed by atoms with E-state index in [1.54, 1.807) is 6.20 Å². The summed E-state index contributed by atoms with van der Waals surface area (Å²) in [5.41, 5.74) is 3.01. The number of aryl methyl sites for hydroxylation is 4. The third-order valence-corrected chi connectivity index (χ3v) is 4.24. The number of carbonyl (C=O) groups excluding carboxylic acids is 1. The second-order valence-corrected chi connectivity index (χ2v) is 6.63. The highest BCUT2D eigenvalue weighted by Crippen LogP contribution is 2.15. The Hall–Kier alpha value is -3.42. The summed E-state index contributed by atoms with van der Waals surface area (Å²) in [5, 5.41) is 8.92. The van der Waals surface area contributed by atoms with Gasteiger partial charge in [-0.15, -0.1) is 0 Å². The maximum absolute atomic E-state index is 12.1. The highest BCUT2D eigenvalue weighted by molar-refractivity contribution is 5.90. The van der Waals surface area contributed by atoms with Crippen LogP contribution in [0.25, 0.3) is 5.82 Å². The van der Waals surface area contributed by atoms with Crippen LogP contribution in [0.2, 0.25) is 0 Å². The highest BCUT2D eigenvalue weighted by Gasteiger charge is 2.07. The summed E-state index contributed by atoms with van der Waals surface area (Å²) in [5.74, 6) is 2.97. The fourth-order valence-electron chi connectivity index (χ4n) is 2.87. The van der Waals surface area contributed by atoms with E-state index in [4.69, 9.17) is 0 Å². The van der Waals surface area contributed by atoms with Gasteiger partial charge in [-0.3, -0.25) is 4.57 Å². The Bertz CT molecular complexity index is 980. The second kappa shape index (κ2) is 8.51. The van der Waals surface area contributed by atoms with Crippen molar-refractivity contribution in [3.8, 4) is 5.82 Å². The predicted octanol–water partition coefficient (Wildman–Crippen LogP) is 3.13. The Kier molecular flexibility index (Phi) is 5.88. The molecule has 3 aromatic rings. The third kappa shape index (κ3) is 4.85. The lowest BCUT2D eigenvalue weighted by atomic mass is 10.1. The first-order chi connectivity index (χ1) is 13.4. The number of hydrogen-bond acceptors (Lipinski definition) is 5. The molecule has 0 aliphatic rings. The molecular weight excluding hydrogens is 354 g/mol. The van der Waals surface area contributed by atoms with Gasteiger partial charge in [0, 0.05) is 37.2 Å². The number of rotatable bonds is 6. The molecule has 0 atom stereocenters. The van der Waals surface area contributed by atoms with E-state index in [-0.39, 0.29) is 6.03 Å². The first-order valence-corrected chi connectivity index (χ1v) is 9.14. The van der Waals surface area contributed by atoms with E-state index in [2.05, 4.69) is 30.9 Å². The van der Waals surface area contributed by atoms with Gasteiger partial charge < -0.3 is 16.0 Å². The molecule has 0 aliphatic heterocycles. The summed E-state index contributed by atoms with van der Waals surface area (Å²) in [4.78, 5) is 25.1. The fraction of sp³-hybridized carbons (Fsp3) is 0.300. The van der Waals surface area contributed by atoms with Crippen molar-refractivity contribution in [1.29, 1.82) is 0 Å². The van der Waals surface area contributed by atoms with Crippen molar-refractivity contribution in [2.75, 3.05) is 23.7 Å². The van der Waals surface area contributed by atoms with Gasteiger partial charge in [-0.1, -0.05) is 17.7 Å². The van der Waals surface area contributed by atoms with Crippen LogP contribution in [-0.2, 0) is 0 Å². The van der Waals surface area contributed by atoms with Crippen molar-refractivity contribution in [2.24, 2.45) is 0 Å². The number of benzene rings is 1. The topological polar surface area (TPSA) is 96.8 Å². The van der Waals surface area contributed by atoms with Gasteiger partial charge in [-0.05, 0) is 39.3 Å². The summed E-state index contributed by atoms with van der Waals surface area (Å²) < 4.78 is 1.90. The number of nitrogens with zero attached hydrogens (tertiary/aromatic N) is 4. The number of anilines is 2. The molecule has 0 saturated carbocycles. The maximum atomic E-state index is 12.1. The summed E-state index contributed by atoms with van der Waals surface area (Å²) in [7, 11) is 0. The molecule has 0 aliphatic carbocycles. The lowest BCUT2D eigenvalue weighted by Crippen LogP contribution is -2.33. The highest BCUT2D eigenvalue weighted by atomic mass is 16.2. The first kappa shape index (κ1) is 19.3. The lowest BCUT2D eigenvalue weighted by molar-refractivity contribution is 0.252. The van der Waals surface area contributed by atoms with Gasteiger partial charge in [-0.25, -0.2) is 19.7 Å². The van der Waals surface area contributed by atoms with Crippen LogP contribution in [-0.4, -0.2) is 38.6 Å². The van der Waals surface area contributed by atoms with Gasteiger partial charge in [-0.2, -0.15) is 0 Å². The lowest BCUT2D eigenvalue weighted by Gasteiger charge is -2.12. The Morgan fingerprint density at radius 3 is 2.61 bits per heavy atom. The predicted molar refractivity (Wildman–Crippen MR) is 110 cm³/mol. The average Bonchev–Trinajstić information content (AvgIpc) is 3.07. The minimum atomic E-state index is -0.234. The maximum Gasteiger partial charge on any atom is 0.319 e. The molecule has 146 valence electrons. The van der Waals surface area contributed by atoms with Gasteiger partial charge in [0.15, 0.2) is 0 Å². The molecule has 0 spiro atoms. The second-order valence-electron chi connectivity index (χ2n) is 6.63. The molecule has 1 aromatic carbocycles. The smallest absolute Gasteiger partial charge is 0.319 e. The molecule has 0 bridgehead atoms. The molecule has 8 heteroatoms. The normalized spacial score (nSPS) is 10.6. The van der Waals surface area contributed by atoms with Crippen molar-refractivity contribution in [3.05, 3.63) is 59.4 Å². The molecular formula is C20H25N7O. The summed E-state index contributed by atoms with van der Waals surface area (Å²) >= 11 is 0. The monoisotopic (exact) mass is 379 g/mol. The van der Waals surface area contributed by atoms with E-state index in [9.17, 15) is 4.79 Å². The van der Waals surface area contributed by atoms with Gasteiger partial charge in [0.2, 0.25) is 0 Å². The molecule has 2 amide bonds. The van der Waals surface area contributed by atoms with Crippen LogP contribution in [0, 0.1) is 27.7 Å². The van der Waals surface area contributed by atoms with Crippen LogP contribution in [0.15, 0.2) is 36.7 Å². The van der Waals surface area contributed by atoms with E-state index in [1.165, 1.54) is 0 Å². The van der Waals surface area contributed by atoms with Gasteiger partial charge in [0.1, 0.15) is 23.3 Å². The first-order valence-electron chi connectivity index (χ1n) is 9.14. The third-order valence-electron chi connectivity index (χ3n) is 4.24. The number of aromatic nitrogens is 4. The summed E-state index contributed by atoms with van der Waals surface area (Å²) in [6, 6.07) is 7.54. The zero-order chi connectivity index (χ0) is 20.1. The van der Waals surface area contributed by atoms with E-state index < -0.39 is 0 Å². The molecule has 0 saturated heterocycles. The number of urea groups is 1. The zero-order valence-electron chi connectivity index (χ0n) is 16.6. The summed E-state index contributed by atoms with van der Waals surface area (Å²) in [6.07, 6.45) is 3.60. The van der Waals surface area contributed by atoms with Crippen LogP contribution < -0.4 is 16.0 Å². The SMILES string of the molecule is Cc1ccc(NC(=O)NCCNc2cc(-n3ccnc3C)nc(C)n2)c(C)c1. The standard InChI is InChI=1S/C20H25N7O/c1-13-5-6-17(14(2)11-13)26-20(28)23-8-7-22-18-12-19(25-15(3)24-18)27-10-9-21-16(27)4/h5-6,9-12H,7-8H2,1-4H3,(H,22,24,25)(H2,23,26,28).